The first-order valence-corrected chi connectivity index (χ1v) is 8.64. The monoisotopic (exact) mass is 354 g/mol. The van der Waals surface area contributed by atoms with Gasteiger partial charge in [0.25, 0.3) is 5.91 Å². The van der Waals surface area contributed by atoms with E-state index in [0.717, 1.165) is 12.8 Å². The van der Waals surface area contributed by atoms with Gasteiger partial charge in [-0.15, -0.1) is 10.2 Å². The molecule has 136 valence electrons. The van der Waals surface area contributed by atoms with E-state index in [2.05, 4.69) is 22.1 Å². The van der Waals surface area contributed by atoms with Gasteiger partial charge in [-0.3, -0.25) is 9.59 Å². The zero-order chi connectivity index (χ0) is 18.7. The third-order valence-corrected chi connectivity index (χ3v) is 4.67. The molecule has 1 aliphatic rings. The van der Waals surface area contributed by atoms with Crippen LogP contribution < -0.4 is 5.32 Å². The molecule has 1 aromatic heterocycles. The topological polar surface area (TPSA) is 88.3 Å². The molecule has 2 atom stereocenters. The molecule has 0 radical (unpaired) electrons. The van der Waals surface area contributed by atoms with E-state index in [1.54, 1.807) is 31.2 Å². The summed E-state index contributed by atoms with van der Waals surface area (Å²) in [5.74, 6) is 0.749. The molecule has 0 saturated carbocycles. The van der Waals surface area contributed by atoms with Gasteiger partial charge in [0.2, 0.25) is 17.7 Å². The Balaban J connectivity index is 1.79. The summed E-state index contributed by atoms with van der Waals surface area (Å²) in [6.07, 6.45) is 2.97. The van der Waals surface area contributed by atoms with E-state index in [4.69, 9.17) is 4.42 Å². The first-order valence-electron chi connectivity index (χ1n) is 8.64. The van der Waals surface area contributed by atoms with Crippen LogP contribution in [0.4, 0.5) is 5.69 Å². The van der Waals surface area contributed by atoms with Crippen molar-refractivity contribution in [1.29, 1.82) is 0 Å². The van der Waals surface area contributed by atoms with Crippen LogP contribution in [0.5, 0.6) is 0 Å². The minimum absolute atomic E-state index is 0.0255. The van der Waals surface area contributed by atoms with Crippen LogP contribution in [0.15, 0.2) is 41.3 Å². The molecule has 1 saturated heterocycles. The van der Waals surface area contributed by atoms with E-state index < -0.39 is 0 Å². The third kappa shape index (κ3) is 3.66. The van der Waals surface area contributed by atoms with Crippen LogP contribution in [-0.4, -0.2) is 39.5 Å². The summed E-state index contributed by atoms with van der Waals surface area (Å²) in [4.78, 5) is 26.3. The maximum absolute atomic E-state index is 13.0. The number of hydrogen-bond acceptors (Lipinski definition) is 5. The first-order chi connectivity index (χ1) is 12.5. The van der Waals surface area contributed by atoms with Crippen LogP contribution in [0.25, 0.3) is 0 Å². The zero-order valence-corrected chi connectivity index (χ0v) is 14.9. The standard InChI is InChI=1S/C19H22N4O3/c1-4-17(24)20-15-8-5-7-14(11-15)19(25)23-10-6-9-16(12(23)2)18-22-21-13(3)26-18/h4-5,7-8,11-12,16H,1,6,9-10H2,2-3H3,(H,20,24)/t12-,16-/m1/s1. The highest BCUT2D eigenvalue weighted by atomic mass is 16.4. The maximum atomic E-state index is 13.0. The van der Waals surface area contributed by atoms with Crippen LogP contribution >= 0.6 is 0 Å². The predicted octanol–water partition coefficient (Wildman–Crippen LogP) is 2.91. The number of nitrogens with one attached hydrogen (secondary N) is 1. The van der Waals surface area contributed by atoms with E-state index in [1.165, 1.54) is 6.08 Å². The molecule has 1 fully saturated rings. The Kier molecular flexibility index (Phi) is 5.16. The van der Waals surface area contributed by atoms with E-state index in [1.807, 2.05) is 11.8 Å². The van der Waals surface area contributed by atoms with Gasteiger partial charge in [0.15, 0.2) is 0 Å². The fourth-order valence-electron chi connectivity index (χ4n) is 3.31. The number of carbonyl (C=O) groups is 2. The maximum Gasteiger partial charge on any atom is 0.254 e. The average Bonchev–Trinajstić information content (AvgIpc) is 3.07. The molecule has 3 rings (SSSR count). The number of benzene rings is 1. The van der Waals surface area contributed by atoms with Gasteiger partial charge >= 0.3 is 0 Å². The van der Waals surface area contributed by atoms with Crippen LogP contribution in [0.1, 0.15) is 47.8 Å². The summed E-state index contributed by atoms with van der Waals surface area (Å²) in [5, 5.41) is 10.7. The summed E-state index contributed by atoms with van der Waals surface area (Å²) in [6.45, 7) is 7.87. The normalized spacial score (nSPS) is 19.8. The summed E-state index contributed by atoms with van der Waals surface area (Å²) in [6, 6.07) is 6.86. The molecule has 0 aliphatic carbocycles. The highest BCUT2D eigenvalue weighted by Gasteiger charge is 2.35. The SMILES string of the molecule is C=CC(=O)Nc1cccc(C(=O)N2CCC[C@@H](c3nnc(C)o3)[C@H]2C)c1. The van der Waals surface area contributed by atoms with Crippen molar-refractivity contribution < 1.29 is 14.0 Å². The van der Waals surface area contributed by atoms with E-state index >= 15 is 0 Å². The molecule has 1 aromatic carbocycles. The Labute approximate surface area is 152 Å². The Hall–Kier alpha value is -2.96. The van der Waals surface area contributed by atoms with Crippen molar-refractivity contribution in [3.8, 4) is 0 Å². The second-order valence-corrected chi connectivity index (χ2v) is 6.42. The summed E-state index contributed by atoms with van der Waals surface area (Å²) in [7, 11) is 0. The number of likely N-dealkylation sites (tertiary alicyclic amines) is 1. The summed E-state index contributed by atoms with van der Waals surface area (Å²) < 4.78 is 5.59. The van der Waals surface area contributed by atoms with E-state index in [0.29, 0.717) is 29.6 Å². The fourth-order valence-corrected chi connectivity index (χ4v) is 3.31. The van der Waals surface area contributed by atoms with Crippen LogP contribution in [0, 0.1) is 6.92 Å². The lowest BCUT2D eigenvalue weighted by molar-refractivity contribution is -0.111. The zero-order valence-electron chi connectivity index (χ0n) is 14.9. The van der Waals surface area contributed by atoms with Gasteiger partial charge in [0.05, 0.1) is 5.92 Å². The van der Waals surface area contributed by atoms with Gasteiger partial charge in [0.1, 0.15) is 0 Å². The molecule has 0 bridgehead atoms. The van der Waals surface area contributed by atoms with Gasteiger partial charge in [-0.2, -0.15) is 0 Å². The summed E-state index contributed by atoms with van der Waals surface area (Å²) >= 11 is 0. The highest BCUT2D eigenvalue weighted by molar-refractivity contribution is 6.00. The molecule has 2 amide bonds. The van der Waals surface area contributed by atoms with Gasteiger partial charge in [-0.25, -0.2) is 0 Å². The van der Waals surface area contributed by atoms with E-state index in [9.17, 15) is 9.59 Å². The smallest absolute Gasteiger partial charge is 0.254 e. The lowest BCUT2D eigenvalue weighted by Gasteiger charge is -2.38. The molecule has 0 spiro atoms. The number of anilines is 1. The molecule has 26 heavy (non-hydrogen) atoms. The number of rotatable bonds is 4. The molecule has 2 heterocycles. The first kappa shape index (κ1) is 17.8. The number of piperidine rings is 1. The minimum Gasteiger partial charge on any atom is -0.425 e. The van der Waals surface area contributed by atoms with Crippen molar-refractivity contribution in [3.05, 3.63) is 54.3 Å². The fraction of sp³-hybridized carbons (Fsp3) is 0.368. The highest BCUT2D eigenvalue weighted by Crippen LogP contribution is 2.32. The second-order valence-electron chi connectivity index (χ2n) is 6.42. The largest absolute Gasteiger partial charge is 0.425 e. The Morgan fingerprint density at radius 3 is 2.88 bits per heavy atom. The van der Waals surface area contributed by atoms with Crippen LogP contribution in [0.2, 0.25) is 0 Å². The molecular weight excluding hydrogens is 332 g/mol. The molecule has 7 heteroatoms. The Morgan fingerprint density at radius 2 is 2.19 bits per heavy atom. The van der Waals surface area contributed by atoms with Crippen molar-refractivity contribution in [2.24, 2.45) is 0 Å². The molecule has 1 aliphatic heterocycles. The molecule has 2 aromatic rings. The van der Waals surface area contributed by atoms with Crippen molar-refractivity contribution >= 4 is 17.5 Å². The predicted molar refractivity (Wildman–Crippen MR) is 96.8 cm³/mol. The number of carbonyl (C=O) groups excluding carboxylic acids is 2. The Bertz CT molecular complexity index is 830. The number of amides is 2. The molecule has 1 N–H and O–H groups in total. The number of nitrogens with zero attached hydrogens (tertiary/aromatic N) is 3. The van der Waals surface area contributed by atoms with Gasteiger partial charge < -0.3 is 14.6 Å². The van der Waals surface area contributed by atoms with Gasteiger partial charge in [-0.05, 0) is 44.0 Å². The summed E-state index contributed by atoms with van der Waals surface area (Å²) in [5.41, 5.74) is 1.09. The molecule has 0 unspecified atom stereocenters. The Morgan fingerprint density at radius 1 is 1.38 bits per heavy atom. The average molecular weight is 354 g/mol. The van der Waals surface area contributed by atoms with Crippen molar-refractivity contribution in [1.82, 2.24) is 15.1 Å². The molecule has 7 nitrogen and oxygen atoms in total. The van der Waals surface area contributed by atoms with Crippen molar-refractivity contribution in [2.75, 3.05) is 11.9 Å². The minimum atomic E-state index is -0.312. The lowest BCUT2D eigenvalue weighted by Crippen LogP contribution is -2.46. The number of hydrogen-bond donors (Lipinski definition) is 1. The third-order valence-electron chi connectivity index (χ3n) is 4.67. The lowest BCUT2D eigenvalue weighted by atomic mass is 9.89. The van der Waals surface area contributed by atoms with Crippen LogP contribution in [-0.2, 0) is 4.79 Å². The van der Waals surface area contributed by atoms with E-state index in [-0.39, 0.29) is 23.8 Å². The van der Waals surface area contributed by atoms with Gasteiger partial charge in [-0.1, -0.05) is 12.6 Å². The number of aromatic nitrogens is 2. The van der Waals surface area contributed by atoms with Crippen molar-refractivity contribution in [3.63, 3.8) is 0 Å². The second kappa shape index (κ2) is 7.51. The van der Waals surface area contributed by atoms with Crippen molar-refractivity contribution in [2.45, 2.75) is 38.6 Å². The molecular formula is C19H22N4O3. The van der Waals surface area contributed by atoms with Gasteiger partial charge in [0, 0.05) is 30.8 Å². The number of aryl methyl sites for hydroxylation is 1. The van der Waals surface area contributed by atoms with Crippen LogP contribution in [0.3, 0.4) is 0 Å². The quantitative estimate of drug-likeness (QED) is 0.853.